The van der Waals surface area contributed by atoms with E-state index < -0.39 is 5.97 Å². The predicted molar refractivity (Wildman–Crippen MR) is 65.6 cm³/mol. The Kier molecular flexibility index (Phi) is 3.73. The Hall–Kier alpha value is -2.15. The van der Waals surface area contributed by atoms with Crippen molar-refractivity contribution in [2.24, 2.45) is 0 Å². The Labute approximate surface area is 106 Å². The summed E-state index contributed by atoms with van der Waals surface area (Å²) in [5.41, 5.74) is 0.580. The zero-order chi connectivity index (χ0) is 13.0. The second-order valence-corrected chi connectivity index (χ2v) is 4.35. The van der Waals surface area contributed by atoms with Crippen LogP contribution in [0.25, 0.3) is 0 Å². The number of carbonyl (C=O) groups is 1. The third-order valence-electron chi connectivity index (χ3n) is 2.17. The maximum Gasteiger partial charge on any atom is 0.335 e. The number of aromatic nitrogens is 3. The van der Waals surface area contributed by atoms with Gasteiger partial charge in [0.25, 0.3) is 5.56 Å². The summed E-state index contributed by atoms with van der Waals surface area (Å²) in [6.45, 7) is 0. The number of aromatic amines is 1. The Morgan fingerprint density at radius 2 is 2.17 bits per heavy atom. The Balaban J connectivity index is 2.16. The maximum absolute atomic E-state index is 11.0. The molecule has 92 valence electrons. The number of thioether (sulfide) groups is 1. The second-order valence-electron chi connectivity index (χ2n) is 3.39. The summed E-state index contributed by atoms with van der Waals surface area (Å²) in [7, 11) is 0. The lowest BCUT2D eigenvalue weighted by atomic mass is 10.1. The highest BCUT2D eigenvalue weighted by atomic mass is 32.2. The smallest absolute Gasteiger partial charge is 0.335 e. The molecule has 0 spiro atoms. The molecule has 18 heavy (non-hydrogen) atoms. The standard InChI is InChI=1S/C11H9N3O3S/c15-9-5-12-14-11(13-9)18-6-7-3-1-2-4-8(7)10(16)17/h1-5H,6H2,(H,16,17)(H,13,14,15). The lowest BCUT2D eigenvalue weighted by Crippen LogP contribution is -2.08. The van der Waals surface area contributed by atoms with Crippen molar-refractivity contribution in [3.8, 4) is 0 Å². The van der Waals surface area contributed by atoms with Crippen LogP contribution in [-0.2, 0) is 5.75 Å². The van der Waals surface area contributed by atoms with E-state index in [0.29, 0.717) is 16.5 Å². The van der Waals surface area contributed by atoms with Gasteiger partial charge < -0.3 is 5.11 Å². The molecule has 0 radical (unpaired) electrons. The molecule has 1 aromatic heterocycles. The number of benzene rings is 1. The highest BCUT2D eigenvalue weighted by molar-refractivity contribution is 7.98. The molecule has 6 nitrogen and oxygen atoms in total. The summed E-state index contributed by atoms with van der Waals surface area (Å²) in [5.74, 6) is -0.573. The monoisotopic (exact) mass is 263 g/mol. The zero-order valence-electron chi connectivity index (χ0n) is 9.16. The molecule has 2 N–H and O–H groups in total. The molecule has 0 saturated heterocycles. The largest absolute Gasteiger partial charge is 0.478 e. The van der Waals surface area contributed by atoms with Gasteiger partial charge in [0.1, 0.15) is 6.20 Å². The highest BCUT2D eigenvalue weighted by Crippen LogP contribution is 2.20. The Morgan fingerprint density at radius 3 is 2.89 bits per heavy atom. The first-order chi connectivity index (χ1) is 8.66. The fourth-order valence-corrected chi connectivity index (χ4v) is 2.18. The second kappa shape index (κ2) is 5.46. The summed E-state index contributed by atoms with van der Waals surface area (Å²) >= 11 is 1.23. The lowest BCUT2D eigenvalue weighted by molar-refractivity contribution is 0.0696. The number of nitrogens with zero attached hydrogens (tertiary/aromatic N) is 2. The van der Waals surface area contributed by atoms with Gasteiger partial charge in [-0.05, 0) is 11.6 Å². The molecule has 2 rings (SSSR count). The van der Waals surface area contributed by atoms with Gasteiger partial charge in [-0.1, -0.05) is 30.0 Å². The van der Waals surface area contributed by atoms with E-state index in [-0.39, 0.29) is 11.1 Å². The molecule has 0 aliphatic heterocycles. The lowest BCUT2D eigenvalue weighted by Gasteiger charge is -2.04. The van der Waals surface area contributed by atoms with Gasteiger partial charge in [-0.2, -0.15) is 5.10 Å². The molecule has 7 heteroatoms. The first kappa shape index (κ1) is 12.3. The number of nitrogens with one attached hydrogen (secondary N) is 1. The number of carboxylic acid groups (broad SMARTS) is 1. The van der Waals surface area contributed by atoms with E-state index in [1.54, 1.807) is 18.2 Å². The molecule has 1 aromatic carbocycles. The summed E-state index contributed by atoms with van der Waals surface area (Å²) < 4.78 is 0. The fraction of sp³-hybridized carbons (Fsp3) is 0.0909. The van der Waals surface area contributed by atoms with E-state index in [4.69, 9.17) is 5.11 Å². The predicted octanol–water partition coefficient (Wildman–Crippen LogP) is 1.16. The minimum absolute atomic E-state index is 0.247. The van der Waals surface area contributed by atoms with Crippen molar-refractivity contribution in [2.75, 3.05) is 0 Å². The van der Waals surface area contributed by atoms with Crippen molar-refractivity contribution in [3.63, 3.8) is 0 Å². The number of carboxylic acids is 1. The van der Waals surface area contributed by atoms with Crippen LogP contribution in [0.3, 0.4) is 0 Å². The third-order valence-corrected chi connectivity index (χ3v) is 3.08. The van der Waals surface area contributed by atoms with Gasteiger partial charge >= 0.3 is 5.97 Å². The fourth-order valence-electron chi connectivity index (χ4n) is 1.36. The van der Waals surface area contributed by atoms with Crippen LogP contribution in [0, 0.1) is 0 Å². The topological polar surface area (TPSA) is 95.9 Å². The number of aromatic carboxylic acids is 1. The van der Waals surface area contributed by atoms with Gasteiger partial charge in [0.15, 0.2) is 5.16 Å². The summed E-state index contributed by atoms with van der Waals surface area (Å²) in [6.07, 6.45) is 1.08. The molecule has 0 aliphatic rings. The zero-order valence-corrected chi connectivity index (χ0v) is 9.98. The molecular weight excluding hydrogens is 254 g/mol. The molecule has 0 atom stereocenters. The van der Waals surface area contributed by atoms with Crippen molar-refractivity contribution < 1.29 is 9.90 Å². The highest BCUT2D eigenvalue weighted by Gasteiger charge is 2.09. The van der Waals surface area contributed by atoms with Gasteiger partial charge in [0.05, 0.1) is 5.56 Å². The molecule has 1 heterocycles. The summed E-state index contributed by atoms with van der Waals surface area (Å²) in [4.78, 5) is 24.5. The van der Waals surface area contributed by atoms with Gasteiger partial charge in [-0.15, -0.1) is 5.10 Å². The van der Waals surface area contributed by atoms with Crippen LogP contribution in [0.4, 0.5) is 0 Å². The van der Waals surface area contributed by atoms with E-state index >= 15 is 0 Å². The van der Waals surface area contributed by atoms with Crippen molar-refractivity contribution in [1.82, 2.24) is 15.2 Å². The van der Waals surface area contributed by atoms with Crippen molar-refractivity contribution >= 4 is 17.7 Å². The average Bonchev–Trinajstić information content (AvgIpc) is 2.37. The molecule has 0 aliphatic carbocycles. The van der Waals surface area contributed by atoms with Crippen LogP contribution < -0.4 is 5.56 Å². The maximum atomic E-state index is 11.0. The number of rotatable bonds is 4. The van der Waals surface area contributed by atoms with Crippen molar-refractivity contribution in [2.45, 2.75) is 10.9 Å². The Morgan fingerprint density at radius 1 is 1.39 bits per heavy atom. The minimum atomic E-state index is -0.973. The Bertz CT molecular complexity index is 627. The molecule has 0 unspecified atom stereocenters. The molecule has 0 saturated carbocycles. The number of H-pyrrole nitrogens is 1. The van der Waals surface area contributed by atoms with Gasteiger partial charge in [0.2, 0.25) is 0 Å². The number of hydrogen-bond donors (Lipinski definition) is 2. The summed E-state index contributed by atoms with van der Waals surface area (Å²) in [5, 5.41) is 16.6. The van der Waals surface area contributed by atoms with E-state index in [0.717, 1.165) is 6.20 Å². The van der Waals surface area contributed by atoms with E-state index in [1.807, 2.05) is 0 Å². The summed E-state index contributed by atoms with van der Waals surface area (Å²) in [6, 6.07) is 6.70. The van der Waals surface area contributed by atoms with E-state index in [1.165, 1.54) is 17.8 Å². The van der Waals surface area contributed by atoms with Crippen molar-refractivity contribution in [3.05, 3.63) is 51.9 Å². The molecule has 0 fully saturated rings. The molecule has 0 bridgehead atoms. The minimum Gasteiger partial charge on any atom is -0.478 e. The first-order valence-corrected chi connectivity index (χ1v) is 6.01. The normalized spacial score (nSPS) is 10.2. The van der Waals surface area contributed by atoms with Crippen LogP contribution in [0.1, 0.15) is 15.9 Å². The SMILES string of the molecule is O=C(O)c1ccccc1CSc1nncc(=O)[nH]1. The third kappa shape index (κ3) is 2.95. The quantitative estimate of drug-likeness (QED) is 0.803. The van der Waals surface area contributed by atoms with Crippen LogP contribution >= 0.6 is 11.8 Å². The van der Waals surface area contributed by atoms with Gasteiger partial charge in [-0.25, -0.2) is 4.79 Å². The average molecular weight is 263 g/mol. The molecule has 0 amide bonds. The van der Waals surface area contributed by atoms with E-state index in [2.05, 4.69) is 15.2 Å². The van der Waals surface area contributed by atoms with Gasteiger partial charge in [-0.3, -0.25) is 9.78 Å². The van der Waals surface area contributed by atoms with Crippen LogP contribution in [0.15, 0.2) is 40.4 Å². The van der Waals surface area contributed by atoms with Crippen molar-refractivity contribution in [1.29, 1.82) is 0 Å². The van der Waals surface area contributed by atoms with Crippen LogP contribution in [-0.4, -0.2) is 26.3 Å². The molecular formula is C11H9N3O3S. The van der Waals surface area contributed by atoms with Gasteiger partial charge in [0, 0.05) is 5.75 Å². The number of hydrogen-bond acceptors (Lipinski definition) is 5. The van der Waals surface area contributed by atoms with Crippen LogP contribution in [0.2, 0.25) is 0 Å². The first-order valence-electron chi connectivity index (χ1n) is 5.03. The molecule has 2 aromatic rings. The van der Waals surface area contributed by atoms with Crippen LogP contribution in [0.5, 0.6) is 0 Å². The van der Waals surface area contributed by atoms with E-state index in [9.17, 15) is 9.59 Å².